The Morgan fingerprint density at radius 3 is 2.41 bits per heavy atom. The van der Waals surface area contributed by atoms with Gasteiger partial charge in [-0.05, 0) is 37.8 Å². The van der Waals surface area contributed by atoms with Crippen LogP contribution >= 0.6 is 0 Å². The highest BCUT2D eigenvalue weighted by Crippen LogP contribution is 2.30. The molecule has 122 valence electrons. The molecule has 0 aromatic heterocycles. The molecule has 1 aliphatic heterocycles. The Morgan fingerprint density at radius 1 is 1.23 bits per heavy atom. The van der Waals surface area contributed by atoms with Crippen LogP contribution in [-0.4, -0.2) is 51.8 Å². The zero-order valence-electron chi connectivity index (χ0n) is 13.8. The first-order valence-corrected chi connectivity index (χ1v) is 7.61. The van der Waals surface area contributed by atoms with Crippen molar-refractivity contribution in [2.75, 3.05) is 41.0 Å². The lowest BCUT2D eigenvalue weighted by Gasteiger charge is -2.32. The first kappa shape index (κ1) is 16.6. The number of piperidine rings is 1. The van der Waals surface area contributed by atoms with Crippen molar-refractivity contribution < 1.29 is 19.0 Å². The van der Waals surface area contributed by atoms with Crippen LogP contribution < -0.4 is 9.47 Å². The third-order valence-corrected chi connectivity index (χ3v) is 4.21. The number of hydrogen-bond acceptors (Lipinski definition) is 4. The van der Waals surface area contributed by atoms with Gasteiger partial charge in [0.05, 0.1) is 20.8 Å². The summed E-state index contributed by atoms with van der Waals surface area (Å²) in [6.07, 6.45) is 2.12. The first-order valence-electron chi connectivity index (χ1n) is 7.61. The van der Waals surface area contributed by atoms with Gasteiger partial charge in [-0.1, -0.05) is 0 Å². The average molecular weight is 307 g/mol. The SMILES string of the molecule is COCC1CCCN(C(=O)c2cc(OC)c(C)c(OC)c2)C1. The predicted octanol–water partition coefficient (Wildman–Crippen LogP) is 2.51. The number of benzene rings is 1. The van der Waals surface area contributed by atoms with Crippen LogP contribution in [0.4, 0.5) is 0 Å². The van der Waals surface area contributed by atoms with Crippen LogP contribution in [0.25, 0.3) is 0 Å². The number of carbonyl (C=O) groups is 1. The summed E-state index contributed by atoms with van der Waals surface area (Å²) in [5, 5.41) is 0. The maximum atomic E-state index is 12.8. The molecule has 1 atom stereocenters. The quantitative estimate of drug-likeness (QED) is 0.838. The molecule has 0 N–H and O–H groups in total. The molecule has 1 saturated heterocycles. The van der Waals surface area contributed by atoms with E-state index in [0.29, 0.717) is 29.6 Å². The van der Waals surface area contributed by atoms with Gasteiger partial charge in [0.1, 0.15) is 11.5 Å². The summed E-state index contributed by atoms with van der Waals surface area (Å²) in [6, 6.07) is 3.58. The van der Waals surface area contributed by atoms with Crippen LogP contribution in [0.1, 0.15) is 28.8 Å². The highest BCUT2D eigenvalue weighted by molar-refractivity contribution is 5.95. The van der Waals surface area contributed by atoms with Crippen molar-refractivity contribution >= 4 is 5.91 Å². The number of methoxy groups -OCH3 is 3. The fraction of sp³-hybridized carbons (Fsp3) is 0.588. The van der Waals surface area contributed by atoms with Crippen LogP contribution in [0.5, 0.6) is 11.5 Å². The molecule has 1 unspecified atom stereocenters. The van der Waals surface area contributed by atoms with Gasteiger partial charge < -0.3 is 19.1 Å². The van der Waals surface area contributed by atoms with E-state index in [-0.39, 0.29) is 5.91 Å². The van der Waals surface area contributed by atoms with Crippen LogP contribution in [0, 0.1) is 12.8 Å². The Balaban J connectivity index is 2.21. The summed E-state index contributed by atoms with van der Waals surface area (Å²) in [4.78, 5) is 14.7. The van der Waals surface area contributed by atoms with E-state index >= 15 is 0 Å². The van der Waals surface area contributed by atoms with Gasteiger partial charge in [-0.15, -0.1) is 0 Å². The van der Waals surface area contributed by atoms with Crippen molar-refractivity contribution in [1.82, 2.24) is 4.90 Å². The lowest BCUT2D eigenvalue weighted by Crippen LogP contribution is -2.41. The summed E-state index contributed by atoms with van der Waals surface area (Å²) < 4.78 is 15.9. The van der Waals surface area contributed by atoms with Crippen molar-refractivity contribution in [1.29, 1.82) is 0 Å². The molecule has 1 aliphatic rings. The van der Waals surface area contributed by atoms with Crippen LogP contribution in [0.15, 0.2) is 12.1 Å². The van der Waals surface area contributed by atoms with Crippen molar-refractivity contribution in [3.8, 4) is 11.5 Å². The Labute approximate surface area is 132 Å². The Bertz CT molecular complexity index is 502. The molecule has 0 saturated carbocycles. The van der Waals surface area contributed by atoms with Gasteiger partial charge in [-0.3, -0.25) is 4.79 Å². The summed E-state index contributed by atoms with van der Waals surface area (Å²) in [5.74, 6) is 1.79. The summed E-state index contributed by atoms with van der Waals surface area (Å²) in [5.41, 5.74) is 1.51. The molecule has 5 nitrogen and oxygen atoms in total. The minimum atomic E-state index is 0.0254. The van der Waals surface area contributed by atoms with Gasteiger partial charge in [0, 0.05) is 31.3 Å². The molecule has 1 heterocycles. The normalized spacial score (nSPS) is 18.2. The fourth-order valence-corrected chi connectivity index (χ4v) is 3.01. The van der Waals surface area contributed by atoms with Crippen molar-refractivity contribution in [2.45, 2.75) is 19.8 Å². The predicted molar refractivity (Wildman–Crippen MR) is 84.8 cm³/mol. The second-order valence-electron chi connectivity index (χ2n) is 5.72. The lowest BCUT2D eigenvalue weighted by molar-refractivity contribution is 0.0570. The van der Waals surface area contributed by atoms with Crippen LogP contribution in [0.2, 0.25) is 0 Å². The first-order chi connectivity index (χ1) is 10.6. The number of nitrogens with zero attached hydrogens (tertiary/aromatic N) is 1. The number of hydrogen-bond donors (Lipinski definition) is 0. The van der Waals surface area contributed by atoms with E-state index in [1.807, 2.05) is 11.8 Å². The smallest absolute Gasteiger partial charge is 0.254 e. The Hall–Kier alpha value is -1.75. The second-order valence-corrected chi connectivity index (χ2v) is 5.72. The number of likely N-dealkylation sites (tertiary alicyclic amines) is 1. The number of carbonyl (C=O) groups excluding carboxylic acids is 1. The topological polar surface area (TPSA) is 48.0 Å². The average Bonchev–Trinajstić information content (AvgIpc) is 2.55. The van der Waals surface area contributed by atoms with Gasteiger partial charge in [0.15, 0.2) is 0 Å². The zero-order valence-corrected chi connectivity index (χ0v) is 13.8. The van der Waals surface area contributed by atoms with Gasteiger partial charge in [-0.25, -0.2) is 0 Å². The number of ether oxygens (including phenoxy) is 3. The van der Waals surface area contributed by atoms with Crippen molar-refractivity contribution in [3.05, 3.63) is 23.3 Å². The molecule has 2 rings (SSSR count). The highest BCUT2D eigenvalue weighted by Gasteiger charge is 2.25. The summed E-state index contributed by atoms with van der Waals surface area (Å²) in [6.45, 7) is 4.15. The molecule has 22 heavy (non-hydrogen) atoms. The molecular weight excluding hydrogens is 282 g/mol. The molecule has 1 fully saturated rings. The molecule has 1 aromatic rings. The van der Waals surface area contributed by atoms with E-state index < -0.39 is 0 Å². The van der Waals surface area contributed by atoms with Gasteiger partial charge in [0.25, 0.3) is 5.91 Å². The maximum absolute atomic E-state index is 12.8. The number of rotatable bonds is 5. The van der Waals surface area contributed by atoms with E-state index in [1.165, 1.54) is 0 Å². The standard InChI is InChI=1S/C17H25NO4/c1-12-15(21-3)8-14(9-16(12)22-4)17(19)18-7-5-6-13(10-18)11-20-2/h8-9,13H,5-7,10-11H2,1-4H3. The van der Waals surface area contributed by atoms with E-state index in [9.17, 15) is 4.79 Å². The second kappa shape index (κ2) is 7.49. The molecule has 1 aromatic carbocycles. The van der Waals surface area contributed by atoms with E-state index in [0.717, 1.165) is 31.5 Å². The summed E-state index contributed by atoms with van der Waals surface area (Å²) >= 11 is 0. The molecule has 0 aliphatic carbocycles. The van der Waals surface area contributed by atoms with E-state index in [1.54, 1.807) is 33.5 Å². The van der Waals surface area contributed by atoms with Gasteiger partial charge >= 0.3 is 0 Å². The molecular formula is C17H25NO4. The van der Waals surface area contributed by atoms with E-state index in [4.69, 9.17) is 14.2 Å². The summed E-state index contributed by atoms with van der Waals surface area (Å²) in [7, 11) is 4.91. The van der Waals surface area contributed by atoms with Crippen LogP contribution in [-0.2, 0) is 4.74 Å². The van der Waals surface area contributed by atoms with Gasteiger partial charge in [-0.2, -0.15) is 0 Å². The molecule has 1 amide bonds. The maximum Gasteiger partial charge on any atom is 0.254 e. The van der Waals surface area contributed by atoms with Crippen LogP contribution in [0.3, 0.4) is 0 Å². The van der Waals surface area contributed by atoms with E-state index in [2.05, 4.69) is 0 Å². The minimum absolute atomic E-state index is 0.0254. The molecule has 0 bridgehead atoms. The molecule has 5 heteroatoms. The van der Waals surface area contributed by atoms with Crippen molar-refractivity contribution in [2.24, 2.45) is 5.92 Å². The highest BCUT2D eigenvalue weighted by atomic mass is 16.5. The molecule has 0 radical (unpaired) electrons. The molecule has 0 spiro atoms. The Kier molecular flexibility index (Phi) is 5.66. The van der Waals surface area contributed by atoms with Gasteiger partial charge in [0.2, 0.25) is 0 Å². The largest absolute Gasteiger partial charge is 0.496 e. The third-order valence-electron chi connectivity index (χ3n) is 4.21. The monoisotopic (exact) mass is 307 g/mol. The lowest BCUT2D eigenvalue weighted by atomic mass is 9.98. The number of amides is 1. The third kappa shape index (κ3) is 3.53. The minimum Gasteiger partial charge on any atom is -0.496 e. The zero-order chi connectivity index (χ0) is 16.1. The fourth-order valence-electron chi connectivity index (χ4n) is 3.01. The Morgan fingerprint density at radius 2 is 1.86 bits per heavy atom. The van der Waals surface area contributed by atoms with Crippen molar-refractivity contribution in [3.63, 3.8) is 0 Å².